The number of rotatable bonds is 17. The molecule has 4 rings (SSSR count). The van der Waals surface area contributed by atoms with Gasteiger partial charge in [0.2, 0.25) is 5.91 Å². The van der Waals surface area contributed by atoms with Crippen molar-refractivity contribution in [3.05, 3.63) is 98.1 Å². The predicted molar refractivity (Wildman–Crippen MR) is 182 cm³/mol. The van der Waals surface area contributed by atoms with Crippen molar-refractivity contribution in [3.8, 4) is 22.6 Å². The van der Waals surface area contributed by atoms with Crippen LogP contribution < -0.4 is 25.8 Å². The van der Waals surface area contributed by atoms with Crippen molar-refractivity contribution in [3.63, 3.8) is 0 Å². The first-order chi connectivity index (χ1) is 22.4. The maximum absolute atomic E-state index is 13.3. The van der Waals surface area contributed by atoms with Crippen molar-refractivity contribution >= 4 is 39.3 Å². The second-order valence-electron chi connectivity index (χ2n) is 10.7. The molecular weight excluding hydrogens is 582 g/mol. The van der Waals surface area contributed by atoms with Crippen LogP contribution in [0.3, 0.4) is 0 Å². The van der Waals surface area contributed by atoms with Gasteiger partial charge in [0, 0.05) is 11.1 Å². The molecular formula is C37H41N3O6. The van der Waals surface area contributed by atoms with Gasteiger partial charge in [0.1, 0.15) is 30.2 Å². The first kappa shape index (κ1) is 33.7. The summed E-state index contributed by atoms with van der Waals surface area (Å²) in [6, 6.07) is 21.8. The molecule has 0 saturated heterocycles. The van der Waals surface area contributed by atoms with E-state index >= 15 is 0 Å². The van der Waals surface area contributed by atoms with Crippen molar-refractivity contribution in [2.75, 3.05) is 26.9 Å². The lowest BCUT2D eigenvalue weighted by Crippen LogP contribution is -2.52. The molecule has 0 aliphatic heterocycles. The minimum atomic E-state index is -0.918. The molecule has 0 aliphatic carbocycles. The number of esters is 1. The highest BCUT2D eigenvalue weighted by molar-refractivity contribution is 6.09. The third kappa shape index (κ3) is 8.31. The molecule has 4 N–H and O–H groups in total. The fraction of sp³-hybridized carbons (Fsp3) is 0.270. The van der Waals surface area contributed by atoms with E-state index in [1.165, 1.54) is 13.2 Å². The molecule has 0 spiro atoms. The Bertz CT molecular complexity index is 1700. The highest BCUT2D eigenvalue weighted by atomic mass is 16.5. The SMILES string of the molecule is C=CCOc1ccc2ccccc2c1-c1c(OCC(=O)N[C@H](CCCCN)C(=O)N[C@H](CC=C)C(=O)OC)ccc2ccccc12. The first-order valence-electron chi connectivity index (χ1n) is 15.3. The van der Waals surface area contributed by atoms with Crippen LogP contribution in [-0.2, 0) is 19.1 Å². The van der Waals surface area contributed by atoms with Crippen molar-refractivity contribution in [1.29, 1.82) is 0 Å². The van der Waals surface area contributed by atoms with Crippen LogP contribution in [0.4, 0.5) is 0 Å². The molecule has 9 nitrogen and oxygen atoms in total. The monoisotopic (exact) mass is 623 g/mol. The number of nitrogens with one attached hydrogen (secondary N) is 2. The lowest BCUT2D eigenvalue weighted by atomic mass is 9.92. The number of fused-ring (bicyclic) bond motifs is 2. The minimum absolute atomic E-state index is 0.183. The molecule has 0 radical (unpaired) electrons. The summed E-state index contributed by atoms with van der Waals surface area (Å²) < 4.78 is 17.2. The molecule has 4 aromatic carbocycles. The van der Waals surface area contributed by atoms with Crippen molar-refractivity contribution in [2.45, 2.75) is 37.8 Å². The largest absolute Gasteiger partial charge is 0.489 e. The molecule has 0 unspecified atom stereocenters. The van der Waals surface area contributed by atoms with Gasteiger partial charge < -0.3 is 30.6 Å². The number of hydrogen-bond donors (Lipinski definition) is 3. The average molecular weight is 624 g/mol. The second-order valence-corrected chi connectivity index (χ2v) is 10.7. The Morgan fingerprint density at radius 1 is 0.783 bits per heavy atom. The Labute approximate surface area is 269 Å². The summed E-state index contributed by atoms with van der Waals surface area (Å²) in [4.78, 5) is 38.7. The number of nitrogens with two attached hydrogens (primary N) is 1. The van der Waals surface area contributed by atoms with E-state index in [0.717, 1.165) is 32.7 Å². The maximum Gasteiger partial charge on any atom is 0.328 e. The second kappa shape index (κ2) is 16.8. The maximum atomic E-state index is 13.3. The number of benzene rings is 4. The van der Waals surface area contributed by atoms with E-state index in [2.05, 4.69) is 23.8 Å². The highest BCUT2D eigenvalue weighted by Gasteiger charge is 2.27. The molecule has 0 saturated carbocycles. The molecule has 46 heavy (non-hydrogen) atoms. The van der Waals surface area contributed by atoms with Gasteiger partial charge in [-0.15, -0.1) is 6.58 Å². The molecule has 0 heterocycles. The van der Waals surface area contributed by atoms with Gasteiger partial charge in [-0.3, -0.25) is 9.59 Å². The predicted octanol–water partition coefficient (Wildman–Crippen LogP) is 5.45. The van der Waals surface area contributed by atoms with Gasteiger partial charge in [-0.05, 0) is 65.9 Å². The lowest BCUT2D eigenvalue weighted by Gasteiger charge is -2.22. The Kier molecular flexibility index (Phi) is 12.3. The fourth-order valence-corrected chi connectivity index (χ4v) is 5.34. The summed E-state index contributed by atoms with van der Waals surface area (Å²) in [6.45, 7) is 7.85. The number of ether oxygens (including phenoxy) is 3. The zero-order valence-electron chi connectivity index (χ0n) is 26.1. The van der Waals surface area contributed by atoms with E-state index in [9.17, 15) is 14.4 Å². The van der Waals surface area contributed by atoms with Crippen molar-refractivity contribution in [2.24, 2.45) is 5.73 Å². The Morgan fingerprint density at radius 2 is 1.39 bits per heavy atom. The number of hydrogen-bond acceptors (Lipinski definition) is 7. The van der Waals surface area contributed by atoms with Crippen molar-refractivity contribution < 1.29 is 28.6 Å². The van der Waals surface area contributed by atoms with E-state index in [4.69, 9.17) is 19.9 Å². The molecule has 0 fully saturated rings. The van der Waals surface area contributed by atoms with Gasteiger partial charge in [0.25, 0.3) is 5.91 Å². The Hall–Kier alpha value is -5.15. The number of carbonyl (C=O) groups is 3. The third-order valence-corrected chi connectivity index (χ3v) is 7.55. The van der Waals surface area contributed by atoms with Gasteiger partial charge in [0.15, 0.2) is 6.61 Å². The van der Waals surface area contributed by atoms with Gasteiger partial charge in [0.05, 0.1) is 7.11 Å². The van der Waals surface area contributed by atoms with E-state index in [1.807, 2.05) is 72.8 Å². The summed E-state index contributed by atoms with van der Waals surface area (Å²) in [7, 11) is 1.25. The molecule has 4 aromatic rings. The van der Waals surface area contributed by atoms with Crippen LogP contribution in [0.15, 0.2) is 98.1 Å². The van der Waals surface area contributed by atoms with Crippen LogP contribution in [0.2, 0.25) is 0 Å². The number of unbranched alkanes of at least 4 members (excludes halogenated alkanes) is 1. The fourth-order valence-electron chi connectivity index (χ4n) is 5.34. The van der Waals surface area contributed by atoms with Crippen LogP contribution >= 0.6 is 0 Å². The summed E-state index contributed by atoms with van der Waals surface area (Å²) >= 11 is 0. The standard InChI is InChI=1S/C37H41N3O6/c1-4-12-30(37(43)44-3)40-36(42)29(17-10-11-22-38)39-33(41)24-46-32-21-19-26-14-7-9-16-28(26)35(32)34-27-15-8-6-13-25(27)18-20-31(34)45-23-5-2/h4-9,13-16,18-21,29-30H,1-2,10-12,17,22-24,38H2,3H3,(H,39,41)(H,40,42)/t29-,30-/m1/s1. The summed E-state index contributed by atoms with van der Waals surface area (Å²) in [5.41, 5.74) is 7.28. The molecule has 2 atom stereocenters. The molecule has 0 bridgehead atoms. The number of carbonyl (C=O) groups excluding carboxylic acids is 3. The summed E-state index contributed by atoms with van der Waals surface area (Å²) in [5, 5.41) is 9.36. The highest BCUT2D eigenvalue weighted by Crippen LogP contribution is 2.45. The van der Waals surface area contributed by atoms with E-state index in [0.29, 0.717) is 43.9 Å². The molecule has 0 aromatic heterocycles. The first-order valence-corrected chi connectivity index (χ1v) is 15.3. The smallest absolute Gasteiger partial charge is 0.328 e. The van der Waals surface area contributed by atoms with E-state index in [-0.39, 0.29) is 13.0 Å². The van der Waals surface area contributed by atoms with Crippen LogP contribution in [0.5, 0.6) is 11.5 Å². The van der Waals surface area contributed by atoms with Crippen LogP contribution in [-0.4, -0.2) is 56.7 Å². The van der Waals surface area contributed by atoms with Crippen LogP contribution in [0.25, 0.3) is 32.7 Å². The number of amides is 2. The van der Waals surface area contributed by atoms with E-state index in [1.54, 1.807) is 6.08 Å². The van der Waals surface area contributed by atoms with Gasteiger partial charge in [-0.1, -0.05) is 79.4 Å². The normalized spacial score (nSPS) is 12.1. The third-order valence-electron chi connectivity index (χ3n) is 7.55. The molecule has 240 valence electrons. The quantitative estimate of drug-likeness (QED) is 0.0810. The summed E-state index contributed by atoms with van der Waals surface area (Å²) in [5.74, 6) is -0.465. The number of methoxy groups -OCH3 is 1. The molecule has 0 aliphatic rings. The zero-order chi connectivity index (χ0) is 32.9. The van der Waals surface area contributed by atoms with E-state index < -0.39 is 29.9 Å². The molecule has 2 amide bonds. The van der Waals surface area contributed by atoms with Crippen LogP contribution in [0, 0.1) is 0 Å². The minimum Gasteiger partial charge on any atom is -0.489 e. The lowest BCUT2D eigenvalue weighted by molar-refractivity contribution is -0.145. The topological polar surface area (TPSA) is 129 Å². The van der Waals surface area contributed by atoms with Crippen LogP contribution in [0.1, 0.15) is 25.7 Å². The Morgan fingerprint density at radius 3 is 1.96 bits per heavy atom. The molecule has 9 heteroatoms. The van der Waals surface area contributed by atoms with Crippen molar-refractivity contribution in [1.82, 2.24) is 10.6 Å². The Balaban J connectivity index is 1.65. The van der Waals surface area contributed by atoms with Gasteiger partial charge in [-0.2, -0.15) is 0 Å². The zero-order valence-corrected chi connectivity index (χ0v) is 26.1. The average Bonchev–Trinajstić information content (AvgIpc) is 3.08. The summed E-state index contributed by atoms with van der Waals surface area (Å²) in [6.07, 6.45) is 4.99. The van der Waals surface area contributed by atoms with Gasteiger partial charge in [-0.25, -0.2) is 4.79 Å². The van der Waals surface area contributed by atoms with Gasteiger partial charge >= 0.3 is 5.97 Å².